The van der Waals surface area contributed by atoms with E-state index in [-0.39, 0.29) is 64.2 Å². The van der Waals surface area contributed by atoms with E-state index < -0.39 is 10.8 Å². The molecule has 0 spiro atoms. The first kappa shape index (κ1) is 47.0. The number of aromatic amines is 2. The van der Waals surface area contributed by atoms with Crippen LogP contribution in [0.4, 0.5) is 0 Å². The summed E-state index contributed by atoms with van der Waals surface area (Å²) in [5, 5.41) is 24.7. The maximum absolute atomic E-state index is 12.6. The third kappa shape index (κ3) is 12.1. The van der Waals surface area contributed by atoms with Gasteiger partial charge in [0.25, 0.3) is 11.1 Å². The second-order valence-electron chi connectivity index (χ2n) is 17.0. The number of carbonyl (C=O) groups excluding carboxylic acids is 2. The van der Waals surface area contributed by atoms with Crippen molar-refractivity contribution in [3.8, 4) is 22.9 Å². The van der Waals surface area contributed by atoms with Gasteiger partial charge in [0.1, 0.15) is 0 Å². The lowest BCUT2D eigenvalue weighted by molar-refractivity contribution is -0.122. The molecule has 4 aromatic carbocycles. The molecule has 0 bridgehead atoms. The van der Waals surface area contributed by atoms with Crippen molar-refractivity contribution in [1.29, 1.82) is 0 Å². The number of benzene rings is 4. The van der Waals surface area contributed by atoms with Crippen LogP contribution in [0.1, 0.15) is 87.8 Å². The van der Waals surface area contributed by atoms with Gasteiger partial charge in [0.05, 0.1) is 32.6 Å². The lowest BCUT2D eigenvalue weighted by atomic mass is 9.86. The van der Waals surface area contributed by atoms with Gasteiger partial charge in [-0.3, -0.25) is 28.4 Å². The highest BCUT2D eigenvalue weighted by Gasteiger charge is 2.29. The van der Waals surface area contributed by atoms with Crippen molar-refractivity contribution in [2.24, 2.45) is 0 Å². The Morgan fingerprint density at radius 2 is 1.04 bits per heavy atom. The third-order valence-corrected chi connectivity index (χ3v) is 14.4. The number of carbonyl (C=O) groups is 2. The van der Waals surface area contributed by atoms with Crippen LogP contribution in [0.3, 0.4) is 0 Å². The first-order valence-corrected chi connectivity index (χ1v) is 25.4. The smallest absolute Gasteiger partial charge is 0.259 e. The highest BCUT2D eigenvalue weighted by Crippen LogP contribution is 2.35. The van der Waals surface area contributed by atoms with Crippen molar-refractivity contribution in [1.82, 2.24) is 51.0 Å². The predicted octanol–water partition coefficient (Wildman–Crippen LogP) is 7.61. The molecule has 17 nitrogen and oxygen atoms in total. The molecule has 1 unspecified atom stereocenters. The molecule has 10 rings (SSSR count). The fraction of sp³-hybridized carbons (Fsp3) is 0.320. The molecule has 2 fully saturated rings. The van der Waals surface area contributed by atoms with E-state index >= 15 is 0 Å². The third-order valence-electron chi connectivity index (χ3n) is 12.3. The summed E-state index contributed by atoms with van der Waals surface area (Å²) in [4.78, 5) is 63.3. The van der Waals surface area contributed by atoms with Gasteiger partial charge in [-0.15, -0.1) is 20.4 Å². The van der Waals surface area contributed by atoms with Crippen LogP contribution >= 0.6 is 11.8 Å². The second kappa shape index (κ2) is 22.3. The van der Waals surface area contributed by atoms with Crippen LogP contribution in [-0.2, 0) is 20.4 Å². The van der Waals surface area contributed by atoms with Gasteiger partial charge in [0.2, 0.25) is 35.4 Å². The molecule has 8 aromatic rings. The molecule has 2 saturated carbocycles. The maximum Gasteiger partial charge on any atom is 0.259 e. The van der Waals surface area contributed by atoms with E-state index in [0.717, 1.165) is 62.5 Å². The standard InChI is InChI=1S/C25H25N5O4S.C25H25N5O3S/c31-21(14-15-35(33)25-27-20-9-5-4-8-19(20)22(32)28-25)26-18-12-10-17(11-13-18)24-30-29-23(34-24)16-6-2-1-3-7-16;31-21(14-15-34-25-27-20-9-5-4-8-19(20)22(32)28-25)26-18-12-10-17(11-13-18)24-30-29-23(33-24)16-6-2-1-3-7-16/h1-9,17-18H,10-15H2,(H,26,31)(H,27,28,32);1-9,17-18H,10-15H2,(H,26,31)(H,27,28,32). The van der Waals surface area contributed by atoms with Crippen LogP contribution in [-0.4, -0.2) is 79.9 Å². The van der Waals surface area contributed by atoms with Gasteiger partial charge in [0.15, 0.2) is 10.3 Å². The molecule has 1 atom stereocenters. The van der Waals surface area contributed by atoms with Crippen molar-refractivity contribution in [3.63, 3.8) is 0 Å². The Bertz CT molecular complexity index is 3160. The fourth-order valence-electron chi connectivity index (χ4n) is 8.59. The van der Waals surface area contributed by atoms with E-state index in [9.17, 15) is 23.4 Å². The van der Waals surface area contributed by atoms with E-state index in [1.807, 2.05) is 78.9 Å². The monoisotopic (exact) mass is 966 g/mol. The van der Waals surface area contributed by atoms with Crippen LogP contribution in [0.2, 0.25) is 0 Å². The van der Waals surface area contributed by atoms with Crippen molar-refractivity contribution in [2.75, 3.05) is 11.5 Å². The summed E-state index contributed by atoms with van der Waals surface area (Å²) in [5.41, 5.74) is 2.46. The average Bonchev–Trinajstić information content (AvgIpc) is 4.09. The van der Waals surface area contributed by atoms with Crippen molar-refractivity contribution in [2.45, 2.75) is 98.4 Å². The van der Waals surface area contributed by atoms with Gasteiger partial charge < -0.3 is 24.5 Å². The van der Waals surface area contributed by atoms with E-state index in [2.05, 4.69) is 51.0 Å². The number of fused-ring (bicyclic) bond motifs is 2. The van der Waals surface area contributed by atoms with E-state index in [1.54, 1.807) is 30.3 Å². The van der Waals surface area contributed by atoms with Crippen LogP contribution in [0.25, 0.3) is 44.7 Å². The Labute approximate surface area is 402 Å². The highest BCUT2D eigenvalue weighted by molar-refractivity contribution is 7.99. The molecule has 4 aromatic heterocycles. The van der Waals surface area contributed by atoms with Crippen LogP contribution < -0.4 is 21.8 Å². The molecule has 0 radical (unpaired) electrons. The van der Waals surface area contributed by atoms with Crippen LogP contribution in [0, 0.1) is 0 Å². The summed E-state index contributed by atoms with van der Waals surface area (Å²) in [6.07, 6.45) is 7.32. The molecule has 4 heterocycles. The molecular formula is C50H50N10O7S2. The molecule has 2 amide bonds. The van der Waals surface area contributed by atoms with Gasteiger partial charge in [-0.05, 0) is 99.9 Å². The van der Waals surface area contributed by atoms with Gasteiger partial charge in [-0.25, -0.2) is 9.97 Å². The summed E-state index contributed by atoms with van der Waals surface area (Å²) < 4.78 is 24.4. The summed E-state index contributed by atoms with van der Waals surface area (Å²) in [6.45, 7) is 0. The minimum atomic E-state index is -1.58. The second-order valence-corrected chi connectivity index (χ2v) is 19.6. The number of hydrogen-bond acceptors (Lipinski definition) is 14. The molecule has 4 N–H and O–H groups in total. The normalized spacial score (nSPS) is 18.5. The van der Waals surface area contributed by atoms with E-state index in [0.29, 0.717) is 62.7 Å². The highest BCUT2D eigenvalue weighted by atomic mass is 32.2. The lowest BCUT2D eigenvalue weighted by Gasteiger charge is -2.27. The summed E-state index contributed by atoms with van der Waals surface area (Å²) in [7, 11) is -1.58. The summed E-state index contributed by atoms with van der Waals surface area (Å²) in [6, 6.07) is 33.8. The summed E-state index contributed by atoms with van der Waals surface area (Å²) >= 11 is 1.38. The Balaban J connectivity index is 0.000000172. The number of nitrogens with one attached hydrogen (secondary N) is 4. The lowest BCUT2D eigenvalue weighted by Crippen LogP contribution is -2.37. The summed E-state index contributed by atoms with van der Waals surface area (Å²) in [5.74, 6) is 3.28. The van der Waals surface area contributed by atoms with E-state index in [1.165, 1.54) is 11.8 Å². The SMILES string of the molecule is O=C(CCS(=O)c1nc2ccccc2c(=O)[nH]1)NC1CCC(c2nnc(-c3ccccc3)o2)CC1.O=C(CCSc1nc2ccccc2c(=O)[nH]1)NC1CCC(c2nnc(-c3ccccc3)o2)CC1. The molecule has 0 saturated heterocycles. The van der Waals surface area contributed by atoms with Gasteiger partial charge in [-0.2, -0.15) is 0 Å². The number of rotatable bonds is 14. The average molecular weight is 967 g/mol. The number of aromatic nitrogens is 8. The number of hydrogen-bond donors (Lipinski definition) is 4. The molecule has 69 heavy (non-hydrogen) atoms. The van der Waals surface area contributed by atoms with Crippen molar-refractivity contribution < 1.29 is 22.6 Å². The number of thioether (sulfide) groups is 1. The number of nitrogens with zero attached hydrogens (tertiary/aromatic N) is 6. The molecule has 2 aliphatic rings. The minimum Gasteiger partial charge on any atom is -0.420 e. The van der Waals surface area contributed by atoms with Crippen molar-refractivity contribution in [3.05, 3.63) is 142 Å². The zero-order chi connectivity index (χ0) is 47.5. The number of H-pyrrole nitrogens is 2. The number of para-hydroxylation sites is 2. The largest absolute Gasteiger partial charge is 0.420 e. The first-order valence-electron chi connectivity index (χ1n) is 23.1. The van der Waals surface area contributed by atoms with Crippen molar-refractivity contribution >= 4 is 56.2 Å². The molecule has 19 heteroatoms. The van der Waals surface area contributed by atoms with E-state index in [4.69, 9.17) is 8.83 Å². The Kier molecular flexibility index (Phi) is 15.2. The topological polar surface area (TPSA) is 245 Å². The quantitative estimate of drug-likeness (QED) is 0.0606. The van der Waals surface area contributed by atoms with Crippen LogP contribution in [0.5, 0.6) is 0 Å². The number of amides is 2. The van der Waals surface area contributed by atoms with Gasteiger partial charge >= 0.3 is 0 Å². The molecule has 2 aliphatic carbocycles. The molecule has 354 valence electrons. The minimum absolute atomic E-state index is 0.0169. The van der Waals surface area contributed by atoms with Crippen LogP contribution in [0.15, 0.2) is 138 Å². The molecule has 0 aliphatic heterocycles. The van der Waals surface area contributed by atoms with Gasteiger partial charge in [-0.1, -0.05) is 72.4 Å². The first-order chi connectivity index (χ1) is 33.7. The Hall–Kier alpha value is -7.12. The Morgan fingerprint density at radius 3 is 1.58 bits per heavy atom. The predicted molar refractivity (Wildman–Crippen MR) is 262 cm³/mol. The fourth-order valence-corrected chi connectivity index (χ4v) is 10.4. The zero-order valence-corrected chi connectivity index (χ0v) is 39.2. The molecular weight excluding hydrogens is 917 g/mol. The van der Waals surface area contributed by atoms with Gasteiger partial charge in [0, 0.05) is 59.4 Å². The maximum atomic E-state index is 12.6. The Morgan fingerprint density at radius 1 is 0.580 bits per heavy atom. The zero-order valence-electron chi connectivity index (χ0n) is 37.5.